The van der Waals surface area contributed by atoms with Crippen molar-refractivity contribution in [2.24, 2.45) is 5.73 Å². The fourth-order valence-electron chi connectivity index (χ4n) is 2.82. The number of hydrogen-bond acceptors (Lipinski definition) is 4. The number of hydrogen-bond donors (Lipinski definition) is 2. The lowest BCUT2D eigenvalue weighted by Crippen LogP contribution is -2.49. The molecule has 1 fully saturated rings. The molecule has 0 spiro atoms. The standard InChI is InChI=1S/C16H25N3O2S/c17-8-6-15(20)18-11-14-3-1-2-9-19(14)16(21)5-4-13-7-10-22-12-13/h7,10,12,14H,1-6,8-9,11,17H2,(H,18,20). The van der Waals surface area contributed by atoms with Gasteiger partial charge in [0.05, 0.1) is 0 Å². The van der Waals surface area contributed by atoms with Crippen LogP contribution in [0.15, 0.2) is 16.8 Å². The Bertz CT molecular complexity index is 476. The molecule has 1 saturated heterocycles. The van der Waals surface area contributed by atoms with E-state index in [1.807, 2.05) is 10.3 Å². The summed E-state index contributed by atoms with van der Waals surface area (Å²) in [4.78, 5) is 26.0. The fraction of sp³-hybridized carbons (Fsp3) is 0.625. The average Bonchev–Trinajstić information content (AvgIpc) is 3.04. The summed E-state index contributed by atoms with van der Waals surface area (Å²) in [7, 11) is 0. The van der Waals surface area contributed by atoms with Crippen LogP contribution in [0.5, 0.6) is 0 Å². The van der Waals surface area contributed by atoms with Gasteiger partial charge in [-0.1, -0.05) is 0 Å². The number of likely N-dealkylation sites (tertiary alicyclic amines) is 1. The van der Waals surface area contributed by atoms with Crippen molar-refractivity contribution in [3.05, 3.63) is 22.4 Å². The maximum atomic E-state index is 12.5. The first kappa shape index (κ1) is 17.0. The van der Waals surface area contributed by atoms with Crippen LogP contribution in [-0.2, 0) is 16.0 Å². The van der Waals surface area contributed by atoms with Gasteiger partial charge >= 0.3 is 0 Å². The summed E-state index contributed by atoms with van der Waals surface area (Å²) in [5, 5.41) is 7.03. The van der Waals surface area contributed by atoms with Crippen LogP contribution in [0.2, 0.25) is 0 Å². The van der Waals surface area contributed by atoms with E-state index in [-0.39, 0.29) is 17.9 Å². The largest absolute Gasteiger partial charge is 0.354 e. The normalized spacial score (nSPS) is 18.2. The third-order valence-electron chi connectivity index (χ3n) is 4.06. The molecule has 0 aromatic carbocycles. The molecule has 2 rings (SSSR count). The van der Waals surface area contributed by atoms with Gasteiger partial charge in [-0.25, -0.2) is 0 Å². The predicted octanol–water partition coefficient (Wildman–Crippen LogP) is 1.53. The molecule has 2 amide bonds. The van der Waals surface area contributed by atoms with Crippen molar-refractivity contribution >= 4 is 23.2 Å². The zero-order valence-electron chi connectivity index (χ0n) is 12.9. The van der Waals surface area contributed by atoms with Crippen LogP contribution >= 0.6 is 11.3 Å². The molecule has 0 bridgehead atoms. The Morgan fingerprint density at radius 3 is 2.95 bits per heavy atom. The van der Waals surface area contributed by atoms with E-state index in [1.165, 1.54) is 5.56 Å². The zero-order valence-corrected chi connectivity index (χ0v) is 13.7. The zero-order chi connectivity index (χ0) is 15.8. The van der Waals surface area contributed by atoms with E-state index in [4.69, 9.17) is 5.73 Å². The van der Waals surface area contributed by atoms with Crippen LogP contribution in [-0.4, -0.2) is 42.4 Å². The van der Waals surface area contributed by atoms with Crippen LogP contribution in [0, 0.1) is 0 Å². The van der Waals surface area contributed by atoms with Gasteiger partial charge in [0.1, 0.15) is 0 Å². The van der Waals surface area contributed by atoms with Crippen molar-refractivity contribution in [2.45, 2.75) is 44.6 Å². The maximum absolute atomic E-state index is 12.5. The number of thiophene rings is 1. The number of piperidine rings is 1. The second-order valence-electron chi connectivity index (χ2n) is 5.71. The number of aryl methyl sites for hydroxylation is 1. The van der Waals surface area contributed by atoms with Gasteiger partial charge in [0.15, 0.2) is 0 Å². The highest BCUT2D eigenvalue weighted by molar-refractivity contribution is 7.07. The second kappa shape index (κ2) is 8.90. The lowest BCUT2D eigenvalue weighted by atomic mass is 10.0. The van der Waals surface area contributed by atoms with Gasteiger partial charge in [-0.15, -0.1) is 0 Å². The van der Waals surface area contributed by atoms with Gasteiger partial charge in [0.2, 0.25) is 11.8 Å². The molecule has 1 unspecified atom stereocenters. The lowest BCUT2D eigenvalue weighted by Gasteiger charge is -2.36. The smallest absolute Gasteiger partial charge is 0.223 e. The van der Waals surface area contributed by atoms with E-state index >= 15 is 0 Å². The van der Waals surface area contributed by atoms with Gasteiger partial charge in [0, 0.05) is 38.5 Å². The van der Waals surface area contributed by atoms with E-state index < -0.39 is 0 Å². The van der Waals surface area contributed by atoms with Crippen LogP contribution in [0.1, 0.15) is 37.7 Å². The minimum atomic E-state index is -0.0289. The molecule has 5 nitrogen and oxygen atoms in total. The number of amides is 2. The summed E-state index contributed by atoms with van der Waals surface area (Å²) in [5.41, 5.74) is 6.60. The molecule has 1 aliphatic heterocycles. The van der Waals surface area contributed by atoms with Gasteiger partial charge < -0.3 is 16.0 Å². The third kappa shape index (κ3) is 5.10. The van der Waals surface area contributed by atoms with Crippen molar-refractivity contribution < 1.29 is 9.59 Å². The summed E-state index contributed by atoms with van der Waals surface area (Å²) >= 11 is 1.66. The molecule has 1 atom stereocenters. The second-order valence-corrected chi connectivity index (χ2v) is 6.49. The highest BCUT2D eigenvalue weighted by Crippen LogP contribution is 2.18. The summed E-state index contributed by atoms with van der Waals surface area (Å²) in [6, 6.07) is 2.20. The van der Waals surface area contributed by atoms with Crippen LogP contribution in [0.25, 0.3) is 0 Å². The summed E-state index contributed by atoms with van der Waals surface area (Å²) in [6.07, 6.45) is 4.82. The first-order valence-electron chi connectivity index (χ1n) is 7.98. The molecule has 22 heavy (non-hydrogen) atoms. The molecular weight excluding hydrogens is 298 g/mol. The molecule has 0 aliphatic carbocycles. The van der Waals surface area contributed by atoms with Crippen molar-refractivity contribution in [3.63, 3.8) is 0 Å². The number of carbonyl (C=O) groups is 2. The average molecular weight is 323 g/mol. The van der Waals surface area contributed by atoms with Crippen molar-refractivity contribution in [3.8, 4) is 0 Å². The Kier molecular flexibility index (Phi) is 6.86. The van der Waals surface area contributed by atoms with E-state index in [9.17, 15) is 9.59 Å². The molecular formula is C16H25N3O2S. The van der Waals surface area contributed by atoms with Crippen molar-refractivity contribution in [1.82, 2.24) is 10.2 Å². The van der Waals surface area contributed by atoms with Crippen molar-refractivity contribution in [1.29, 1.82) is 0 Å². The Morgan fingerprint density at radius 1 is 1.36 bits per heavy atom. The summed E-state index contributed by atoms with van der Waals surface area (Å²) in [6.45, 7) is 1.71. The fourth-order valence-corrected chi connectivity index (χ4v) is 3.53. The van der Waals surface area contributed by atoms with Crippen molar-refractivity contribution in [2.75, 3.05) is 19.6 Å². The van der Waals surface area contributed by atoms with Gasteiger partial charge in [-0.3, -0.25) is 9.59 Å². The van der Waals surface area contributed by atoms with E-state index in [0.717, 1.165) is 32.2 Å². The lowest BCUT2D eigenvalue weighted by molar-refractivity contribution is -0.135. The predicted molar refractivity (Wildman–Crippen MR) is 88.7 cm³/mol. The number of nitrogens with zero attached hydrogens (tertiary/aromatic N) is 1. The van der Waals surface area contributed by atoms with Gasteiger partial charge in [0.25, 0.3) is 0 Å². The summed E-state index contributed by atoms with van der Waals surface area (Å²) in [5.74, 6) is 0.169. The Morgan fingerprint density at radius 2 is 2.23 bits per heavy atom. The minimum absolute atomic E-state index is 0.0289. The molecule has 2 heterocycles. The highest BCUT2D eigenvalue weighted by atomic mass is 32.1. The quantitative estimate of drug-likeness (QED) is 0.799. The van der Waals surface area contributed by atoms with Crippen LogP contribution < -0.4 is 11.1 Å². The molecule has 3 N–H and O–H groups in total. The molecule has 1 aromatic heterocycles. The number of rotatable bonds is 7. The Labute approximate surface area is 135 Å². The molecule has 1 aromatic rings. The van der Waals surface area contributed by atoms with Crippen LogP contribution in [0.4, 0.5) is 0 Å². The number of nitrogens with two attached hydrogens (primary N) is 1. The number of nitrogens with one attached hydrogen (secondary N) is 1. The summed E-state index contributed by atoms with van der Waals surface area (Å²) < 4.78 is 0. The third-order valence-corrected chi connectivity index (χ3v) is 4.79. The first-order valence-corrected chi connectivity index (χ1v) is 8.92. The highest BCUT2D eigenvalue weighted by Gasteiger charge is 2.26. The SMILES string of the molecule is NCCC(=O)NCC1CCCCN1C(=O)CCc1ccsc1. The van der Waals surface area contributed by atoms with Gasteiger partial charge in [-0.05, 0) is 48.1 Å². The topological polar surface area (TPSA) is 75.4 Å². The molecule has 6 heteroatoms. The molecule has 0 radical (unpaired) electrons. The Hall–Kier alpha value is -1.40. The first-order chi connectivity index (χ1) is 10.7. The van der Waals surface area contributed by atoms with Gasteiger partial charge in [-0.2, -0.15) is 11.3 Å². The molecule has 0 saturated carbocycles. The van der Waals surface area contributed by atoms with E-state index in [0.29, 0.717) is 25.9 Å². The Balaban J connectivity index is 1.82. The monoisotopic (exact) mass is 323 g/mol. The van der Waals surface area contributed by atoms with E-state index in [2.05, 4.69) is 16.8 Å². The minimum Gasteiger partial charge on any atom is -0.354 e. The molecule has 122 valence electrons. The van der Waals surface area contributed by atoms with E-state index in [1.54, 1.807) is 11.3 Å². The maximum Gasteiger partial charge on any atom is 0.223 e. The number of carbonyl (C=O) groups excluding carboxylic acids is 2. The van der Waals surface area contributed by atoms with Crippen LogP contribution in [0.3, 0.4) is 0 Å². The molecule has 1 aliphatic rings.